The summed E-state index contributed by atoms with van der Waals surface area (Å²) in [7, 11) is 0. The summed E-state index contributed by atoms with van der Waals surface area (Å²) >= 11 is 3.48. The number of nitrogens with one attached hydrogen (secondary N) is 1. The van der Waals surface area contributed by atoms with Crippen molar-refractivity contribution in [1.82, 2.24) is 9.97 Å². The van der Waals surface area contributed by atoms with Crippen molar-refractivity contribution in [1.29, 1.82) is 0 Å². The smallest absolute Gasteiger partial charge is 0.229 e. The average Bonchev–Trinajstić information content (AvgIpc) is 2.46. The maximum Gasteiger partial charge on any atom is 0.229 e. The Morgan fingerprint density at radius 1 is 1.27 bits per heavy atom. The Morgan fingerprint density at radius 3 is 2.91 bits per heavy atom. The number of hydrogen-bond donors (Lipinski definition) is 1. The van der Waals surface area contributed by atoms with Crippen LogP contribution in [-0.2, 0) is 0 Å². The first kappa shape index (κ1) is 15.3. The molecule has 22 heavy (non-hydrogen) atoms. The van der Waals surface area contributed by atoms with Gasteiger partial charge in [-0.05, 0) is 43.9 Å². The third kappa shape index (κ3) is 3.77. The molecule has 0 aliphatic carbocycles. The average molecular weight is 361 g/mol. The molecule has 1 N–H and O–H groups in total. The molecule has 3 rings (SSSR count). The predicted octanol–water partition coefficient (Wildman–Crippen LogP) is 4.53. The van der Waals surface area contributed by atoms with E-state index in [1.807, 2.05) is 31.2 Å². The minimum Gasteiger partial charge on any atom is -0.356 e. The van der Waals surface area contributed by atoms with Gasteiger partial charge in [-0.3, -0.25) is 0 Å². The highest BCUT2D eigenvalue weighted by Gasteiger charge is 2.18. The van der Waals surface area contributed by atoms with E-state index in [2.05, 4.69) is 44.1 Å². The van der Waals surface area contributed by atoms with Gasteiger partial charge in [0.15, 0.2) is 0 Å². The molecule has 0 radical (unpaired) electrons. The van der Waals surface area contributed by atoms with Crippen LogP contribution in [0, 0.1) is 12.8 Å². The Labute approximate surface area is 140 Å². The van der Waals surface area contributed by atoms with Gasteiger partial charge < -0.3 is 10.2 Å². The number of piperidine rings is 1. The Bertz CT molecular complexity index is 659. The Morgan fingerprint density at radius 2 is 2.14 bits per heavy atom. The molecular formula is C17H21BrN4. The second-order valence-electron chi connectivity index (χ2n) is 6.02. The van der Waals surface area contributed by atoms with Gasteiger partial charge in [0.05, 0.1) is 0 Å². The Kier molecular flexibility index (Phi) is 4.62. The van der Waals surface area contributed by atoms with Crippen LogP contribution >= 0.6 is 15.9 Å². The molecule has 2 heterocycles. The van der Waals surface area contributed by atoms with Gasteiger partial charge in [0, 0.05) is 35.0 Å². The van der Waals surface area contributed by atoms with Crippen LogP contribution in [0.5, 0.6) is 0 Å². The first-order chi connectivity index (χ1) is 10.6. The fourth-order valence-corrected chi connectivity index (χ4v) is 3.26. The van der Waals surface area contributed by atoms with Gasteiger partial charge in [-0.1, -0.05) is 28.9 Å². The number of nitrogens with zero attached hydrogens (tertiary/aromatic N) is 3. The Hall–Kier alpha value is -1.62. The summed E-state index contributed by atoms with van der Waals surface area (Å²) in [5.41, 5.74) is 1.97. The summed E-state index contributed by atoms with van der Waals surface area (Å²) in [6, 6.07) is 10.1. The first-order valence-electron chi connectivity index (χ1n) is 7.73. The fourth-order valence-electron chi connectivity index (χ4n) is 2.86. The molecule has 116 valence electrons. The van der Waals surface area contributed by atoms with Gasteiger partial charge in [-0.15, -0.1) is 0 Å². The molecule has 1 atom stereocenters. The second kappa shape index (κ2) is 6.65. The molecule has 1 aromatic heterocycles. The van der Waals surface area contributed by atoms with Crippen LogP contribution in [0.15, 0.2) is 34.8 Å². The number of benzene rings is 1. The van der Waals surface area contributed by atoms with E-state index in [1.165, 1.54) is 12.8 Å². The van der Waals surface area contributed by atoms with Crippen LogP contribution in [0.3, 0.4) is 0 Å². The van der Waals surface area contributed by atoms with Crippen LogP contribution in [0.25, 0.3) is 0 Å². The van der Waals surface area contributed by atoms with Crippen LogP contribution in [0.1, 0.15) is 25.5 Å². The molecule has 2 aromatic rings. The van der Waals surface area contributed by atoms with Crippen molar-refractivity contribution in [2.24, 2.45) is 5.92 Å². The molecule has 1 aliphatic rings. The van der Waals surface area contributed by atoms with Crippen molar-refractivity contribution in [2.75, 3.05) is 23.3 Å². The zero-order valence-electron chi connectivity index (χ0n) is 13.0. The van der Waals surface area contributed by atoms with E-state index in [4.69, 9.17) is 4.98 Å². The molecule has 1 saturated heterocycles. The van der Waals surface area contributed by atoms with Gasteiger partial charge >= 0.3 is 0 Å². The first-order valence-corrected chi connectivity index (χ1v) is 8.53. The highest BCUT2D eigenvalue weighted by molar-refractivity contribution is 9.10. The maximum absolute atomic E-state index is 4.71. The SMILES string of the molecule is Cc1cc(N2CCCC(C)C2)nc(Nc2cccc(Br)c2)n1. The summed E-state index contributed by atoms with van der Waals surface area (Å²) in [6.07, 6.45) is 2.54. The Balaban J connectivity index is 1.83. The molecule has 5 heteroatoms. The zero-order chi connectivity index (χ0) is 15.5. The van der Waals surface area contributed by atoms with Gasteiger partial charge in [-0.25, -0.2) is 4.98 Å². The third-order valence-electron chi connectivity index (χ3n) is 3.90. The topological polar surface area (TPSA) is 41.1 Å². The van der Waals surface area contributed by atoms with E-state index in [9.17, 15) is 0 Å². The van der Waals surface area contributed by atoms with Gasteiger partial charge in [0.1, 0.15) is 5.82 Å². The summed E-state index contributed by atoms with van der Waals surface area (Å²) in [5, 5.41) is 3.30. The van der Waals surface area contributed by atoms with Crippen LogP contribution in [-0.4, -0.2) is 23.1 Å². The van der Waals surface area contributed by atoms with Crippen molar-refractivity contribution in [3.05, 3.63) is 40.5 Å². The van der Waals surface area contributed by atoms with Gasteiger partial charge in [-0.2, -0.15) is 4.98 Å². The molecule has 1 unspecified atom stereocenters. The van der Waals surface area contributed by atoms with E-state index in [1.54, 1.807) is 0 Å². The second-order valence-corrected chi connectivity index (χ2v) is 6.94. The predicted molar refractivity (Wildman–Crippen MR) is 94.8 cm³/mol. The number of anilines is 3. The molecule has 4 nitrogen and oxygen atoms in total. The number of halogens is 1. The minimum absolute atomic E-state index is 0.659. The lowest BCUT2D eigenvalue weighted by Crippen LogP contribution is -2.35. The third-order valence-corrected chi connectivity index (χ3v) is 4.40. The van der Waals surface area contributed by atoms with Crippen molar-refractivity contribution in [3.8, 4) is 0 Å². The lowest BCUT2D eigenvalue weighted by atomic mass is 10.0. The van der Waals surface area contributed by atoms with Crippen LogP contribution in [0.2, 0.25) is 0 Å². The van der Waals surface area contributed by atoms with E-state index in [-0.39, 0.29) is 0 Å². The summed E-state index contributed by atoms with van der Waals surface area (Å²) < 4.78 is 1.04. The normalized spacial score (nSPS) is 18.3. The number of aryl methyl sites for hydroxylation is 1. The zero-order valence-corrected chi connectivity index (χ0v) is 14.6. The van der Waals surface area contributed by atoms with Gasteiger partial charge in [0.25, 0.3) is 0 Å². The van der Waals surface area contributed by atoms with E-state index in [0.29, 0.717) is 5.95 Å². The van der Waals surface area contributed by atoms with Crippen molar-refractivity contribution in [2.45, 2.75) is 26.7 Å². The van der Waals surface area contributed by atoms with Crippen molar-refractivity contribution in [3.63, 3.8) is 0 Å². The molecule has 0 spiro atoms. The van der Waals surface area contributed by atoms with Crippen LogP contribution in [0.4, 0.5) is 17.5 Å². The molecule has 0 saturated carbocycles. The molecular weight excluding hydrogens is 340 g/mol. The van der Waals surface area contributed by atoms with Crippen molar-refractivity contribution >= 4 is 33.4 Å². The monoisotopic (exact) mass is 360 g/mol. The van der Waals surface area contributed by atoms with Crippen molar-refractivity contribution < 1.29 is 0 Å². The van der Waals surface area contributed by atoms with E-state index in [0.717, 1.165) is 40.7 Å². The summed E-state index contributed by atoms with van der Waals surface area (Å²) in [6.45, 7) is 6.48. The number of rotatable bonds is 3. The molecule has 0 amide bonds. The summed E-state index contributed by atoms with van der Waals surface area (Å²) in [5.74, 6) is 2.41. The quantitative estimate of drug-likeness (QED) is 0.872. The van der Waals surface area contributed by atoms with Crippen LogP contribution < -0.4 is 10.2 Å². The highest BCUT2D eigenvalue weighted by Crippen LogP contribution is 2.24. The number of hydrogen-bond acceptors (Lipinski definition) is 4. The molecule has 1 aliphatic heterocycles. The van der Waals surface area contributed by atoms with E-state index >= 15 is 0 Å². The molecule has 1 fully saturated rings. The number of aromatic nitrogens is 2. The highest BCUT2D eigenvalue weighted by atomic mass is 79.9. The fraction of sp³-hybridized carbons (Fsp3) is 0.412. The standard InChI is InChI=1S/C17H21BrN4/c1-12-5-4-8-22(11-12)16-9-13(2)19-17(21-16)20-15-7-3-6-14(18)10-15/h3,6-7,9-10,12H,4-5,8,11H2,1-2H3,(H,19,20,21). The molecule has 0 bridgehead atoms. The van der Waals surface area contributed by atoms with E-state index < -0.39 is 0 Å². The lowest BCUT2D eigenvalue weighted by molar-refractivity contribution is 0.444. The van der Waals surface area contributed by atoms with Gasteiger partial charge in [0.2, 0.25) is 5.95 Å². The maximum atomic E-state index is 4.71. The molecule has 1 aromatic carbocycles. The summed E-state index contributed by atoms with van der Waals surface area (Å²) in [4.78, 5) is 11.6. The minimum atomic E-state index is 0.659. The largest absolute Gasteiger partial charge is 0.356 e. The lowest BCUT2D eigenvalue weighted by Gasteiger charge is -2.32.